The van der Waals surface area contributed by atoms with Gasteiger partial charge in [-0.3, -0.25) is 0 Å². The Labute approximate surface area is 122 Å². The van der Waals surface area contributed by atoms with E-state index in [1.54, 1.807) is 6.07 Å². The van der Waals surface area contributed by atoms with E-state index < -0.39 is 11.6 Å². The number of hydrogen-bond donors (Lipinski definition) is 1. The van der Waals surface area contributed by atoms with Crippen LogP contribution in [0, 0.1) is 0 Å². The Morgan fingerprint density at radius 2 is 2.00 bits per heavy atom. The maximum atomic E-state index is 11.8. The summed E-state index contributed by atoms with van der Waals surface area (Å²) in [5.41, 5.74) is 1.17. The van der Waals surface area contributed by atoms with E-state index in [0.29, 0.717) is 5.58 Å². The summed E-state index contributed by atoms with van der Waals surface area (Å²) < 4.78 is 5.28. The molecule has 0 amide bonds. The zero-order valence-corrected chi connectivity index (χ0v) is 12.0. The number of carbonyl (C=O) groups is 1. The molecule has 0 aliphatic heterocycles. The van der Waals surface area contributed by atoms with Gasteiger partial charge in [-0.15, -0.1) is 0 Å². The number of carboxylic acids is 1. The minimum absolute atomic E-state index is 0.223. The summed E-state index contributed by atoms with van der Waals surface area (Å²) in [4.78, 5) is 24.5. The molecular formula is C16H17NO4. The van der Waals surface area contributed by atoms with Crippen LogP contribution in [0.4, 0.5) is 5.69 Å². The molecule has 1 N–H and O–H groups in total. The molecule has 2 aromatic rings. The summed E-state index contributed by atoms with van der Waals surface area (Å²) in [5, 5.41) is 9.37. The Morgan fingerprint density at radius 3 is 2.62 bits per heavy atom. The highest BCUT2D eigenvalue weighted by Crippen LogP contribution is 2.22. The molecule has 1 heterocycles. The smallest absolute Gasteiger partial charge is 0.343 e. The number of benzene rings is 1. The second-order valence-electron chi connectivity index (χ2n) is 4.56. The molecule has 1 aromatic heterocycles. The number of nitrogens with zero attached hydrogens (tertiary/aromatic N) is 1. The molecule has 110 valence electrons. The van der Waals surface area contributed by atoms with E-state index in [4.69, 9.17) is 9.52 Å². The summed E-state index contributed by atoms with van der Waals surface area (Å²) in [6, 6.07) is 7.28. The fraction of sp³-hybridized carbons (Fsp3) is 0.250. The van der Waals surface area contributed by atoms with Crippen LogP contribution in [0.1, 0.15) is 19.4 Å². The summed E-state index contributed by atoms with van der Waals surface area (Å²) in [5.74, 6) is -1.11. The monoisotopic (exact) mass is 287 g/mol. The zero-order valence-electron chi connectivity index (χ0n) is 12.0. The molecule has 21 heavy (non-hydrogen) atoms. The highest BCUT2D eigenvalue weighted by molar-refractivity contribution is 5.87. The molecule has 5 nitrogen and oxygen atoms in total. The van der Waals surface area contributed by atoms with Gasteiger partial charge in [-0.1, -0.05) is 0 Å². The molecule has 0 saturated heterocycles. The lowest BCUT2D eigenvalue weighted by Crippen LogP contribution is -2.21. The van der Waals surface area contributed by atoms with Crippen molar-refractivity contribution in [1.29, 1.82) is 0 Å². The van der Waals surface area contributed by atoms with Crippen LogP contribution in [0.15, 0.2) is 39.6 Å². The topological polar surface area (TPSA) is 70.8 Å². The van der Waals surface area contributed by atoms with E-state index in [2.05, 4.69) is 18.7 Å². The predicted molar refractivity (Wildman–Crippen MR) is 82.7 cm³/mol. The van der Waals surface area contributed by atoms with E-state index >= 15 is 0 Å². The summed E-state index contributed by atoms with van der Waals surface area (Å²) in [6.45, 7) is 5.85. The van der Waals surface area contributed by atoms with Crippen LogP contribution in [-0.2, 0) is 4.79 Å². The van der Waals surface area contributed by atoms with Crippen molar-refractivity contribution in [3.05, 3.63) is 46.3 Å². The molecule has 0 radical (unpaired) electrons. The average Bonchev–Trinajstić information content (AvgIpc) is 2.46. The Kier molecular flexibility index (Phi) is 4.42. The molecular weight excluding hydrogens is 270 g/mol. The molecule has 0 atom stereocenters. The fourth-order valence-corrected chi connectivity index (χ4v) is 2.18. The lowest BCUT2D eigenvalue weighted by molar-refractivity contribution is -0.131. The van der Waals surface area contributed by atoms with E-state index in [-0.39, 0.29) is 5.56 Å². The first-order valence-electron chi connectivity index (χ1n) is 6.79. The third kappa shape index (κ3) is 3.31. The van der Waals surface area contributed by atoms with Gasteiger partial charge in [0.2, 0.25) is 0 Å². The van der Waals surface area contributed by atoms with Crippen molar-refractivity contribution in [2.45, 2.75) is 13.8 Å². The molecule has 0 aliphatic carbocycles. The lowest BCUT2D eigenvalue weighted by Gasteiger charge is -2.20. The van der Waals surface area contributed by atoms with Crippen molar-refractivity contribution in [1.82, 2.24) is 0 Å². The van der Waals surface area contributed by atoms with Gasteiger partial charge in [-0.05, 0) is 38.1 Å². The summed E-state index contributed by atoms with van der Waals surface area (Å²) in [6.07, 6.45) is 2.16. The predicted octanol–water partition coefficient (Wildman–Crippen LogP) is 2.74. The second-order valence-corrected chi connectivity index (χ2v) is 4.56. The van der Waals surface area contributed by atoms with Crippen LogP contribution in [0.25, 0.3) is 17.0 Å². The largest absolute Gasteiger partial charge is 0.478 e. The quantitative estimate of drug-likeness (QED) is 0.676. The van der Waals surface area contributed by atoms with E-state index in [9.17, 15) is 9.59 Å². The van der Waals surface area contributed by atoms with Crippen molar-refractivity contribution in [2.24, 2.45) is 0 Å². The van der Waals surface area contributed by atoms with Crippen molar-refractivity contribution >= 4 is 28.7 Å². The van der Waals surface area contributed by atoms with Crippen molar-refractivity contribution in [3.63, 3.8) is 0 Å². The Hall–Kier alpha value is -2.56. The first-order valence-corrected chi connectivity index (χ1v) is 6.79. The fourth-order valence-electron chi connectivity index (χ4n) is 2.18. The third-order valence-electron chi connectivity index (χ3n) is 3.28. The molecule has 0 aliphatic rings. The lowest BCUT2D eigenvalue weighted by atomic mass is 10.1. The van der Waals surface area contributed by atoms with Gasteiger partial charge in [0.1, 0.15) is 5.58 Å². The van der Waals surface area contributed by atoms with Gasteiger partial charge < -0.3 is 14.4 Å². The first kappa shape index (κ1) is 14.8. The molecule has 0 fully saturated rings. The number of fused-ring (bicyclic) bond motifs is 1. The van der Waals surface area contributed by atoms with Crippen LogP contribution in [-0.4, -0.2) is 24.2 Å². The van der Waals surface area contributed by atoms with Crippen LogP contribution in [0.2, 0.25) is 0 Å². The highest BCUT2D eigenvalue weighted by atomic mass is 16.4. The molecule has 0 bridgehead atoms. The number of carboxylic acid groups (broad SMARTS) is 1. The standard InChI is InChI=1S/C16H17NO4/c1-3-17(4-2)13-7-5-11-9-12(6-8-15(18)19)16(20)21-14(11)10-13/h5-10H,3-4H2,1-2H3,(H,18,19)/b8-6+. The SMILES string of the molecule is CCN(CC)c1ccc2cc(/C=C/C(=O)O)c(=O)oc2c1. The molecule has 2 rings (SSSR count). The number of anilines is 1. The van der Waals surface area contributed by atoms with Gasteiger partial charge >= 0.3 is 11.6 Å². The average molecular weight is 287 g/mol. The maximum absolute atomic E-state index is 11.8. The second kappa shape index (κ2) is 6.26. The van der Waals surface area contributed by atoms with Gasteiger partial charge in [-0.2, -0.15) is 0 Å². The summed E-state index contributed by atoms with van der Waals surface area (Å²) in [7, 11) is 0. The molecule has 0 saturated carbocycles. The Bertz CT molecular complexity index is 742. The van der Waals surface area contributed by atoms with Gasteiger partial charge in [0, 0.05) is 36.3 Å². The van der Waals surface area contributed by atoms with E-state index in [1.807, 2.05) is 18.2 Å². The van der Waals surface area contributed by atoms with Gasteiger partial charge in [0.15, 0.2) is 0 Å². The minimum Gasteiger partial charge on any atom is -0.478 e. The third-order valence-corrected chi connectivity index (χ3v) is 3.28. The van der Waals surface area contributed by atoms with Gasteiger partial charge in [0.25, 0.3) is 0 Å². The van der Waals surface area contributed by atoms with Gasteiger partial charge in [0.05, 0.1) is 5.56 Å². The maximum Gasteiger partial charge on any atom is 0.343 e. The molecule has 0 unspecified atom stereocenters. The van der Waals surface area contributed by atoms with Gasteiger partial charge in [-0.25, -0.2) is 9.59 Å². The van der Waals surface area contributed by atoms with Crippen LogP contribution >= 0.6 is 0 Å². The van der Waals surface area contributed by atoms with E-state index in [1.165, 1.54) is 6.08 Å². The zero-order chi connectivity index (χ0) is 15.4. The van der Waals surface area contributed by atoms with Crippen LogP contribution in [0.5, 0.6) is 0 Å². The van der Waals surface area contributed by atoms with Crippen molar-refractivity contribution in [3.8, 4) is 0 Å². The van der Waals surface area contributed by atoms with Crippen molar-refractivity contribution < 1.29 is 14.3 Å². The molecule has 0 spiro atoms. The van der Waals surface area contributed by atoms with Crippen LogP contribution in [0.3, 0.4) is 0 Å². The number of rotatable bonds is 5. The van der Waals surface area contributed by atoms with E-state index in [0.717, 1.165) is 30.2 Å². The molecule has 5 heteroatoms. The Balaban J connectivity index is 2.49. The normalized spacial score (nSPS) is 11.1. The number of aliphatic carboxylic acids is 1. The van der Waals surface area contributed by atoms with Crippen molar-refractivity contribution in [2.75, 3.05) is 18.0 Å². The van der Waals surface area contributed by atoms with Crippen LogP contribution < -0.4 is 10.5 Å². The Morgan fingerprint density at radius 1 is 1.29 bits per heavy atom. The first-order chi connectivity index (χ1) is 10.0. The molecule has 1 aromatic carbocycles. The summed E-state index contributed by atoms with van der Waals surface area (Å²) >= 11 is 0. The highest BCUT2D eigenvalue weighted by Gasteiger charge is 2.07. The minimum atomic E-state index is -1.11. The number of hydrogen-bond acceptors (Lipinski definition) is 4.